The minimum absolute atomic E-state index is 0.500. The molecule has 0 aromatic rings. The zero-order valence-electron chi connectivity index (χ0n) is 6.01. The summed E-state index contributed by atoms with van der Waals surface area (Å²) < 4.78 is 0. The summed E-state index contributed by atoms with van der Waals surface area (Å²) in [5.41, 5.74) is 8.00. The van der Waals surface area contributed by atoms with Gasteiger partial charge in [-0.05, 0) is 20.8 Å². The molecule has 0 spiro atoms. The molecule has 0 rings (SSSR count). The van der Waals surface area contributed by atoms with Crippen LogP contribution in [0.15, 0.2) is 0 Å². The number of carbonyl (C=O) groups is 1. The largest absolute Gasteiger partial charge is 0.391 e. The van der Waals surface area contributed by atoms with Crippen LogP contribution in [0.3, 0.4) is 0 Å². The van der Waals surface area contributed by atoms with Crippen LogP contribution in [0.2, 0.25) is 0 Å². The predicted molar refractivity (Wildman–Crippen MR) is 35.7 cm³/mol. The van der Waals surface area contributed by atoms with E-state index in [-0.39, 0.29) is 0 Å². The minimum atomic E-state index is -0.833. The summed E-state index contributed by atoms with van der Waals surface area (Å²) in [6.45, 7) is 5.23. The van der Waals surface area contributed by atoms with Crippen molar-refractivity contribution in [2.45, 2.75) is 26.4 Å². The Morgan fingerprint density at radius 1 is 1.33 bits per heavy atom. The van der Waals surface area contributed by atoms with E-state index in [9.17, 15) is 0 Å². The topological polar surface area (TPSA) is 89.3 Å². The Morgan fingerprint density at radius 2 is 1.33 bits per heavy atom. The number of rotatable bonds is 0. The molecule has 0 aliphatic carbocycles. The Hall–Kier alpha value is -0.770. The van der Waals surface area contributed by atoms with Gasteiger partial charge in [0.1, 0.15) is 0 Å². The Bertz CT molecular complexity index is 75.4. The average molecular weight is 134 g/mol. The first-order valence-electron chi connectivity index (χ1n) is 2.51. The lowest BCUT2D eigenvalue weighted by atomic mass is 10.2. The van der Waals surface area contributed by atoms with E-state index >= 15 is 0 Å². The number of nitrogens with two attached hydrogens (primary N) is 2. The van der Waals surface area contributed by atoms with Gasteiger partial charge in [0.25, 0.3) is 0 Å². The Balaban J connectivity index is 0. The standard InChI is InChI=1S/C4H10O.CH4N2O/c1-4(2,3)5;2-1(3)4/h5H,1-3H3;(H4,2,3,4). The van der Waals surface area contributed by atoms with Crippen LogP contribution in [-0.4, -0.2) is 16.7 Å². The Morgan fingerprint density at radius 3 is 1.33 bits per heavy atom. The van der Waals surface area contributed by atoms with Crippen LogP contribution in [0.25, 0.3) is 0 Å². The molecule has 0 saturated heterocycles. The Labute approximate surface area is 54.8 Å². The van der Waals surface area contributed by atoms with Gasteiger partial charge in [0, 0.05) is 0 Å². The normalized spacial score (nSPS) is 9.33. The molecule has 4 heteroatoms. The highest BCUT2D eigenvalue weighted by molar-refractivity contribution is 5.69. The van der Waals surface area contributed by atoms with E-state index in [1.54, 1.807) is 20.8 Å². The fraction of sp³-hybridized carbons (Fsp3) is 0.800. The molecule has 0 atom stereocenters. The maximum absolute atomic E-state index is 9.00. The lowest BCUT2D eigenvalue weighted by molar-refractivity contribution is 0.102. The molecule has 0 radical (unpaired) electrons. The van der Waals surface area contributed by atoms with E-state index in [1.807, 2.05) is 0 Å². The summed E-state index contributed by atoms with van der Waals surface area (Å²) >= 11 is 0. The van der Waals surface area contributed by atoms with Gasteiger partial charge in [0.05, 0.1) is 5.60 Å². The zero-order chi connectivity index (χ0) is 8.08. The molecule has 5 N–H and O–H groups in total. The van der Waals surface area contributed by atoms with Crippen molar-refractivity contribution in [1.29, 1.82) is 0 Å². The van der Waals surface area contributed by atoms with E-state index in [1.165, 1.54) is 0 Å². The third-order valence-corrected chi connectivity index (χ3v) is 0. The molecular formula is C5H14N2O2. The van der Waals surface area contributed by atoms with Crippen LogP contribution in [0.5, 0.6) is 0 Å². The van der Waals surface area contributed by atoms with Gasteiger partial charge in [-0.25, -0.2) is 4.79 Å². The van der Waals surface area contributed by atoms with Crippen LogP contribution < -0.4 is 11.5 Å². The molecule has 0 saturated carbocycles. The lowest BCUT2D eigenvalue weighted by Gasteiger charge is -2.04. The van der Waals surface area contributed by atoms with Crippen molar-refractivity contribution >= 4 is 6.03 Å². The SMILES string of the molecule is CC(C)(C)O.NC(N)=O. The van der Waals surface area contributed by atoms with Crippen LogP contribution in [-0.2, 0) is 0 Å². The van der Waals surface area contributed by atoms with Crippen molar-refractivity contribution in [2.75, 3.05) is 0 Å². The van der Waals surface area contributed by atoms with E-state index in [4.69, 9.17) is 9.90 Å². The lowest BCUT2D eigenvalue weighted by Crippen LogP contribution is -2.18. The van der Waals surface area contributed by atoms with Gasteiger partial charge in [0.15, 0.2) is 0 Å². The number of primary amides is 2. The highest BCUT2D eigenvalue weighted by Crippen LogP contribution is 1.93. The summed E-state index contributed by atoms with van der Waals surface area (Å²) in [6, 6.07) is -0.833. The van der Waals surface area contributed by atoms with Gasteiger partial charge in [0.2, 0.25) is 0 Å². The van der Waals surface area contributed by atoms with Gasteiger partial charge in [-0.2, -0.15) is 0 Å². The van der Waals surface area contributed by atoms with Crippen molar-refractivity contribution in [2.24, 2.45) is 11.5 Å². The first kappa shape index (κ1) is 11.1. The fourth-order valence-corrected chi connectivity index (χ4v) is 0. The summed E-state index contributed by atoms with van der Waals surface area (Å²) in [5, 5.41) is 8.52. The number of amides is 2. The van der Waals surface area contributed by atoms with Crippen LogP contribution in [0.4, 0.5) is 4.79 Å². The minimum Gasteiger partial charge on any atom is -0.391 e. The second-order valence-corrected chi connectivity index (χ2v) is 2.57. The van der Waals surface area contributed by atoms with Crippen molar-refractivity contribution < 1.29 is 9.90 Å². The first-order chi connectivity index (χ1) is 3.73. The Kier molecular flexibility index (Phi) is 5.10. The number of hydrogen-bond acceptors (Lipinski definition) is 2. The van der Waals surface area contributed by atoms with Crippen molar-refractivity contribution in [3.8, 4) is 0 Å². The van der Waals surface area contributed by atoms with E-state index in [0.29, 0.717) is 0 Å². The maximum Gasteiger partial charge on any atom is 0.309 e. The summed E-state index contributed by atoms with van der Waals surface area (Å²) in [7, 11) is 0. The summed E-state index contributed by atoms with van der Waals surface area (Å²) in [6.07, 6.45) is 0. The molecule has 0 bridgehead atoms. The molecule has 0 aliphatic heterocycles. The van der Waals surface area contributed by atoms with Crippen molar-refractivity contribution in [3.63, 3.8) is 0 Å². The average Bonchev–Trinajstić information content (AvgIpc) is 1.19. The molecule has 0 aliphatic rings. The molecule has 9 heavy (non-hydrogen) atoms. The molecule has 0 aromatic carbocycles. The zero-order valence-corrected chi connectivity index (χ0v) is 6.01. The number of hydrogen-bond donors (Lipinski definition) is 3. The molecule has 0 heterocycles. The van der Waals surface area contributed by atoms with Gasteiger partial charge in [-0.15, -0.1) is 0 Å². The molecule has 4 nitrogen and oxygen atoms in total. The highest BCUT2D eigenvalue weighted by Gasteiger charge is 1.97. The predicted octanol–water partition coefficient (Wildman–Crippen LogP) is -0.199. The second-order valence-electron chi connectivity index (χ2n) is 2.57. The van der Waals surface area contributed by atoms with E-state index in [0.717, 1.165) is 0 Å². The van der Waals surface area contributed by atoms with Crippen LogP contribution >= 0.6 is 0 Å². The van der Waals surface area contributed by atoms with Crippen LogP contribution in [0.1, 0.15) is 20.8 Å². The van der Waals surface area contributed by atoms with Crippen molar-refractivity contribution in [1.82, 2.24) is 0 Å². The third kappa shape index (κ3) is 334. The first-order valence-corrected chi connectivity index (χ1v) is 2.51. The third-order valence-electron chi connectivity index (χ3n) is 0. The number of carbonyl (C=O) groups excluding carboxylic acids is 1. The van der Waals surface area contributed by atoms with E-state index < -0.39 is 11.6 Å². The van der Waals surface area contributed by atoms with Crippen molar-refractivity contribution in [3.05, 3.63) is 0 Å². The maximum atomic E-state index is 9.00. The van der Waals surface area contributed by atoms with E-state index in [2.05, 4.69) is 11.5 Å². The number of aliphatic hydroxyl groups is 1. The van der Waals surface area contributed by atoms with Gasteiger partial charge < -0.3 is 16.6 Å². The van der Waals surface area contributed by atoms with Gasteiger partial charge >= 0.3 is 6.03 Å². The second kappa shape index (κ2) is 4.14. The molecular weight excluding hydrogens is 120 g/mol. The molecule has 56 valence electrons. The van der Waals surface area contributed by atoms with Gasteiger partial charge in [-0.3, -0.25) is 0 Å². The highest BCUT2D eigenvalue weighted by atomic mass is 16.3. The van der Waals surface area contributed by atoms with Gasteiger partial charge in [-0.1, -0.05) is 0 Å². The monoisotopic (exact) mass is 134 g/mol. The van der Waals surface area contributed by atoms with Crippen LogP contribution in [0, 0.1) is 0 Å². The summed E-state index contributed by atoms with van der Waals surface area (Å²) in [4.78, 5) is 9.00. The molecule has 2 amide bonds. The quantitative estimate of drug-likeness (QED) is 0.428. The molecule has 0 fully saturated rings. The smallest absolute Gasteiger partial charge is 0.309 e. The number of urea groups is 1. The fourth-order valence-electron chi connectivity index (χ4n) is 0. The molecule has 0 unspecified atom stereocenters. The molecule has 0 aromatic heterocycles. The summed E-state index contributed by atoms with van der Waals surface area (Å²) in [5.74, 6) is 0.